The minimum absolute atomic E-state index is 0.321. The largest absolute Gasteiger partial charge is 0.495 e. The van der Waals surface area contributed by atoms with Crippen LogP contribution >= 0.6 is 11.6 Å². The van der Waals surface area contributed by atoms with Gasteiger partial charge in [0.2, 0.25) is 0 Å². The summed E-state index contributed by atoms with van der Waals surface area (Å²) in [5.41, 5.74) is 0.967. The van der Waals surface area contributed by atoms with E-state index in [1.165, 1.54) is 6.42 Å². The van der Waals surface area contributed by atoms with Crippen molar-refractivity contribution in [1.82, 2.24) is 10.3 Å². The van der Waals surface area contributed by atoms with Crippen LogP contribution in [0.15, 0.2) is 12.3 Å². The van der Waals surface area contributed by atoms with E-state index in [2.05, 4.69) is 10.3 Å². The van der Waals surface area contributed by atoms with Crippen LogP contribution in [0.25, 0.3) is 0 Å². The Balaban J connectivity index is 2.31. The van der Waals surface area contributed by atoms with Crippen LogP contribution < -0.4 is 10.1 Å². The number of nitrogens with one attached hydrogen (secondary N) is 1. The molecule has 0 radical (unpaired) electrons. The Bertz CT molecular complexity index is 324. The highest BCUT2D eigenvalue weighted by Crippen LogP contribution is 2.30. The van der Waals surface area contributed by atoms with E-state index < -0.39 is 0 Å². The third-order valence-electron chi connectivity index (χ3n) is 2.46. The summed E-state index contributed by atoms with van der Waals surface area (Å²) in [6, 6.07) is 2.13. The lowest BCUT2D eigenvalue weighted by Gasteiger charge is -2.13. The monoisotopic (exact) mass is 212 g/mol. The molecular formula is C10H13ClN2O. The Hall–Kier alpha value is -0.800. The van der Waals surface area contributed by atoms with Gasteiger partial charge in [0.05, 0.1) is 23.9 Å². The molecule has 0 aromatic carbocycles. The summed E-state index contributed by atoms with van der Waals surface area (Å²) in [6.45, 7) is 1.05. The number of aromatic nitrogens is 1. The number of halogens is 1. The number of pyridine rings is 1. The Kier molecular flexibility index (Phi) is 2.89. The van der Waals surface area contributed by atoms with E-state index in [0.717, 1.165) is 24.4 Å². The molecule has 0 bridgehead atoms. The number of hydrogen-bond donors (Lipinski definition) is 1. The molecule has 1 atom stereocenters. The first-order valence-electron chi connectivity index (χ1n) is 4.74. The maximum Gasteiger partial charge on any atom is 0.143 e. The number of ether oxygens (including phenoxy) is 1. The number of nitrogens with zero attached hydrogens (tertiary/aromatic N) is 1. The van der Waals surface area contributed by atoms with E-state index in [1.54, 1.807) is 13.3 Å². The van der Waals surface area contributed by atoms with Crippen LogP contribution in [-0.2, 0) is 0 Å². The van der Waals surface area contributed by atoms with Crippen LogP contribution in [0, 0.1) is 0 Å². The Morgan fingerprint density at radius 1 is 1.64 bits per heavy atom. The van der Waals surface area contributed by atoms with E-state index in [-0.39, 0.29) is 0 Å². The molecule has 1 saturated heterocycles. The van der Waals surface area contributed by atoms with Crippen molar-refractivity contribution < 1.29 is 4.74 Å². The first-order chi connectivity index (χ1) is 6.81. The van der Waals surface area contributed by atoms with Crippen molar-refractivity contribution in [2.75, 3.05) is 13.7 Å². The highest BCUT2D eigenvalue weighted by molar-refractivity contribution is 6.30. The fourth-order valence-corrected chi connectivity index (χ4v) is 1.92. The third kappa shape index (κ3) is 1.83. The fourth-order valence-electron chi connectivity index (χ4n) is 1.77. The summed E-state index contributed by atoms with van der Waals surface area (Å²) >= 11 is 5.84. The van der Waals surface area contributed by atoms with Crippen LogP contribution in [0.5, 0.6) is 5.75 Å². The molecule has 1 unspecified atom stereocenters. The van der Waals surface area contributed by atoms with Crippen molar-refractivity contribution in [3.05, 3.63) is 23.0 Å². The van der Waals surface area contributed by atoms with Gasteiger partial charge in [-0.2, -0.15) is 0 Å². The first kappa shape index (κ1) is 9.74. The second-order valence-corrected chi connectivity index (χ2v) is 3.83. The van der Waals surface area contributed by atoms with E-state index in [0.29, 0.717) is 11.1 Å². The molecule has 1 fully saturated rings. The fraction of sp³-hybridized carbons (Fsp3) is 0.500. The molecule has 0 aliphatic carbocycles. The molecule has 1 N–H and O–H groups in total. The van der Waals surface area contributed by atoms with Crippen LogP contribution in [0.2, 0.25) is 5.02 Å². The summed E-state index contributed by atoms with van der Waals surface area (Å²) in [6.07, 6.45) is 3.97. The minimum atomic E-state index is 0.321. The normalized spacial score (nSPS) is 21.1. The Morgan fingerprint density at radius 2 is 2.50 bits per heavy atom. The molecule has 1 aliphatic rings. The predicted octanol–water partition coefficient (Wildman–Crippen LogP) is 2.17. The van der Waals surface area contributed by atoms with Crippen molar-refractivity contribution in [3.63, 3.8) is 0 Å². The van der Waals surface area contributed by atoms with E-state index in [1.807, 2.05) is 6.07 Å². The van der Waals surface area contributed by atoms with E-state index >= 15 is 0 Å². The van der Waals surface area contributed by atoms with Crippen molar-refractivity contribution in [3.8, 4) is 5.75 Å². The molecule has 0 spiro atoms. The molecule has 2 heterocycles. The van der Waals surface area contributed by atoms with Gasteiger partial charge >= 0.3 is 0 Å². The third-order valence-corrected chi connectivity index (χ3v) is 2.67. The molecule has 1 aromatic rings. The van der Waals surface area contributed by atoms with Crippen molar-refractivity contribution >= 4 is 11.6 Å². The van der Waals surface area contributed by atoms with Gasteiger partial charge in [0.25, 0.3) is 0 Å². The second kappa shape index (κ2) is 4.15. The maximum absolute atomic E-state index is 5.84. The van der Waals surface area contributed by atoms with Gasteiger partial charge in [-0.15, -0.1) is 0 Å². The molecule has 4 heteroatoms. The second-order valence-electron chi connectivity index (χ2n) is 3.39. The molecular weight excluding hydrogens is 200 g/mol. The van der Waals surface area contributed by atoms with Gasteiger partial charge in [0, 0.05) is 12.3 Å². The molecule has 1 aromatic heterocycles. The SMILES string of the molecule is COc1cc(Cl)cnc1C1CCCN1. The summed E-state index contributed by atoms with van der Waals surface area (Å²) in [5.74, 6) is 0.775. The molecule has 14 heavy (non-hydrogen) atoms. The Labute approximate surface area is 88.4 Å². The summed E-state index contributed by atoms with van der Waals surface area (Å²) in [7, 11) is 1.64. The maximum atomic E-state index is 5.84. The first-order valence-corrected chi connectivity index (χ1v) is 5.12. The summed E-state index contributed by atoms with van der Waals surface area (Å²) in [4.78, 5) is 4.31. The molecule has 2 rings (SSSR count). The topological polar surface area (TPSA) is 34.1 Å². The van der Waals surface area contributed by atoms with Crippen molar-refractivity contribution in [1.29, 1.82) is 0 Å². The van der Waals surface area contributed by atoms with Gasteiger partial charge in [0.1, 0.15) is 5.75 Å². The summed E-state index contributed by atoms with van der Waals surface area (Å²) < 4.78 is 5.25. The molecule has 76 valence electrons. The minimum Gasteiger partial charge on any atom is -0.495 e. The van der Waals surface area contributed by atoms with Gasteiger partial charge in [-0.25, -0.2) is 0 Å². The summed E-state index contributed by atoms with van der Waals surface area (Å²) in [5, 5.41) is 4.00. The number of methoxy groups -OCH3 is 1. The van der Waals surface area contributed by atoms with Gasteiger partial charge < -0.3 is 10.1 Å². The van der Waals surface area contributed by atoms with Gasteiger partial charge in [-0.3, -0.25) is 4.98 Å². The van der Waals surface area contributed by atoms with Crippen LogP contribution in [0.1, 0.15) is 24.6 Å². The zero-order valence-corrected chi connectivity index (χ0v) is 8.84. The average molecular weight is 213 g/mol. The smallest absolute Gasteiger partial charge is 0.143 e. The lowest BCUT2D eigenvalue weighted by atomic mass is 10.1. The number of hydrogen-bond acceptors (Lipinski definition) is 3. The van der Waals surface area contributed by atoms with Gasteiger partial charge in [-0.05, 0) is 19.4 Å². The lowest BCUT2D eigenvalue weighted by Crippen LogP contribution is -2.15. The zero-order valence-electron chi connectivity index (χ0n) is 8.09. The molecule has 3 nitrogen and oxygen atoms in total. The standard InChI is InChI=1S/C10H13ClN2O/c1-14-9-5-7(11)6-13-10(9)8-3-2-4-12-8/h5-6,8,12H,2-4H2,1H3. The van der Waals surface area contributed by atoms with Gasteiger partial charge in [0.15, 0.2) is 0 Å². The highest BCUT2D eigenvalue weighted by Gasteiger charge is 2.21. The van der Waals surface area contributed by atoms with Crippen molar-refractivity contribution in [2.24, 2.45) is 0 Å². The van der Waals surface area contributed by atoms with E-state index in [9.17, 15) is 0 Å². The zero-order chi connectivity index (χ0) is 9.97. The quantitative estimate of drug-likeness (QED) is 0.816. The molecule has 1 aliphatic heterocycles. The lowest BCUT2D eigenvalue weighted by molar-refractivity contribution is 0.399. The van der Waals surface area contributed by atoms with Crippen molar-refractivity contribution in [2.45, 2.75) is 18.9 Å². The average Bonchev–Trinajstić information content (AvgIpc) is 2.70. The Morgan fingerprint density at radius 3 is 3.14 bits per heavy atom. The predicted molar refractivity (Wildman–Crippen MR) is 55.8 cm³/mol. The molecule has 0 amide bonds. The molecule has 0 saturated carbocycles. The van der Waals surface area contributed by atoms with Crippen LogP contribution in [0.4, 0.5) is 0 Å². The van der Waals surface area contributed by atoms with E-state index in [4.69, 9.17) is 16.3 Å². The van der Waals surface area contributed by atoms with Gasteiger partial charge in [-0.1, -0.05) is 11.6 Å². The highest BCUT2D eigenvalue weighted by atomic mass is 35.5. The number of rotatable bonds is 2. The van der Waals surface area contributed by atoms with Crippen LogP contribution in [-0.4, -0.2) is 18.6 Å². The van der Waals surface area contributed by atoms with Crippen LogP contribution in [0.3, 0.4) is 0 Å².